The molecule has 1 aliphatic carbocycles. The fraction of sp³-hybridized carbons (Fsp3) is 0.367. The summed E-state index contributed by atoms with van der Waals surface area (Å²) in [5.74, 6) is 0.197. The van der Waals surface area contributed by atoms with Crippen LogP contribution < -0.4 is 5.32 Å². The molecular weight excluding hydrogens is 602 g/mol. The maximum Gasteiger partial charge on any atom is 0.248 e. The van der Waals surface area contributed by atoms with E-state index in [4.69, 9.17) is 0 Å². The van der Waals surface area contributed by atoms with Gasteiger partial charge in [-0.15, -0.1) is 0 Å². The zero-order valence-electron chi connectivity index (χ0n) is 23.5. The van der Waals surface area contributed by atoms with Crippen LogP contribution in [0, 0.1) is 19.8 Å². The van der Waals surface area contributed by atoms with Gasteiger partial charge in [0.25, 0.3) is 0 Å². The van der Waals surface area contributed by atoms with Crippen molar-refractivity contribution in [2.24, 2.45) is 5.92 Å². The standard InChI is InChI=1S/C30H30BrN7O4/c1-15-4-7-23(31)34-29(15)35-30(42)28-18-5-6-21(9-18)38(28)25(41)13-37-27-16(2)8-19(10-22(27)26(36-37)17(3)40)20-11-32-24(14-39)33-12-20/h4,7-8,10-12,18,21,28,39H,5-6,9,13-14H2,1-3H3,(H,34,35,42)/t18-,21-,28-/m0/s1. The van der Waals surface area contributed by atoms with Crippen LogP contribution in [0.5, 0.6) is 0 Å². The van der Waals surface area contributed by atoms with E-state index >= 15 is 0 Å². The van der Waals surface area contributed by atoms with E-state index in [-0.39, 0.29) is 48.4 Å². The molecule has 0 spiro atoms. The summed E-state index contributed by atoms with van der Waals surface area (Å²) in [6.07, 6.45) is 5.78. The number of halogens is 1. The predicted octanol–water partition coefficient (Wildman–Crippen LogP) is 3.98. The highest BCUT2D eigenvalue weighted by molar-refractivity contribution is 9.10. The summed E-state index contributed by atoms with van der Waals surface area (Å²) in [6, 6.07) is 6.86. The van der Waals surface area contributed by atoms with E-state index in [1.54, 1.807) is 22.0 Å². The zero-order chi connectivity index (χ0) is 29.7. The van der Waals surface area contributed by atoms with Gasteiger partial charge in [-0.3, -0.25) is 19.1 Å². The third-order valence-corrected chi connectivity index (χ3v) is 8.72. The predicted molar refractivity (Wildman–Crippen MR) is 158 cm³/mol. The van der Waals surface area contributed by atoms with E-state index in [1.807, 2.05) is 38.1 Å². The number of piperidine rings is 1. The van der Waals surface area contributed by atoms with Crippen molar-refractivity contribution in [1.82, 2.24) is 29.6 Å². The molecule has 4 heterocycles. The molecule has 42 heavy (non-hydrogen) atoms. The molecular formula is C30H30BrN7O4. The minimum absolute atomic E-state index is 0.0153. The molecule has 11 nitrogen and oxygen atoms in total. The van der Waals surface area contributed by atoms with Crippen molar-refractivity contribution < 1.29 is 19.5 Å². The largest absolute Gasteiger partial charge is 0.388 e. The number of rotatable bonds is 7. The minimum atomic E-state index is -0.597. The van der Waals surface area contributed by atoms with Crippen LogP contribution in [-0.4, -0.2) is 64.4 Å². The molecule has 3 atom stereocenters. The summed E-state index contributed by atoms with van der Waals surface area (Å²) in [7, 11) is 0. The summed E-state index contributed by atoms with van der Waals surface area (Å²) in [5.41, 5.74) is 4.14. The third-order valence-electron chi connectivity index (χ3n) is 8.28. The Bertz CT molecular complexity index is 1740. The summed E-state index contributed by atoms with van der Waals surface area (Å²) in [4.78, 5) is 54.6. The van der Waals surface area contributed by atoms with Crippen molar-refractivity contribution in [2.45, 2.75) is 65.3 Å². The van der Waals surface area contributed by atoms with Gasteiger partial charge in [-0.25, -0.2) is 15.0 Å². The number of hydrogen-bond acceptors (Lipinski definition) is 8. The van der Waals surface area contributed by atoms with Crippen LogP contribution in [0.25, 0.3) is 22.0 Å². The van der Waals surface area contributed by atoms with Gasteiger partial charge in [-0.1, -0.05) is 6.07 Å². The second-order valence-electron chi connectivity index (χ2n) is 11.1. The number of aromatic nitrogens is 5. The molecule has 2 fully saturated rings. The topological polar surface area (TPSA) is 143 Å². The van der Waals surface area contributed by atoms with E-state index in [0.29, 0.717) is 27.1 Å². The third kappa shape index (κ3) is 4.98. The van der Waals surface area contributed by atoms with Crippen LogP contribution in [0.3, 0.4) is 0 Å². The highest BCUT2D eigenvalue weighted by atomic mass is 79.9. The van der Waals surface area contributed by atoms with Crippen molar-refractivity contribution in [3.8, 4) is 11.1 Å². The van der Waals surface area contributed by atoms with Crippen molar-refractivity contribution in [2.75, 3.05) is 5.32 Å². The molecule has 216 valence electrons. The number of ketones is 1. The lowest BCUT2D eigenvalue weighted by atomic mass is 9.97. The molecule has 0 unspecified atom stereocenters. The van der Waals surface area contributed by atoms with Gasteiger partial charge in [0.15, 0.2) is 11.6 Å². The molecule has 4 aromatic rings. The first-order chi connectivity index (χ1) is 20.1. The number of carbonyl (C=O) groups is 3. The van der Waals surface area contributed by atoms with Crippen molar-refractivity contribution in [3.05, 3.63) is 63.9 Å². The average molecular weight is 633 g/mol. The number of Topliss-reactive ketones (excluding diaryl/α,β-unsaturated/α-hetero) is 1. The number of aliphatic hydroxyl groups is 1. The fourth-order valence-corrected chi connectivity index (χ4v) is 6.68. The number of hydrogen-bond donors (Lipinski definition) is 2. The Hall–Kier alpha value is -4.03. The number of aliphatic hydroxyl groups excluding tert-OH is 1. The van der Waals surface area contributed by atoms with Crippen molar-refractivity contribution in [3.63, 3.8) is 0 Å². The fourth-order valence-electron chi connectivity index (χ4n) is 6.37. The highest BCUT2D eigenvalue weighted by Gasteiger charge is 2.51. The molecule has 2 aliphatic rings. The molecule has 1 aromatic carbocycles. The lowest BCUT2D eigenvalue weighted by Gasteiger charge is -2.34. The van der Waals surface area contributed by atoms with E-state index in [1.165, 1.54) is 6.92 Å². The van der Waals surface area contributed by atoms with E-state index in [9.17, 15) is 19.5 Å². The van der Waals surface area contributed by atoms with Gasteiger partial charge in [0.05, 0.1) is 5.52 Å². The van der Waals surface area contributed by atoms with E-state index in [2.05, 4.69) is 41.3 Å². The first-order valence-electron chi connectivity index (χ1n) is 13.8. The number of amides is 2. The summed E-state index contributed by atoms with van der Waals surface area (Å²) < 4.78 is 2.20. The number of fused-ring (bicyclic) bond motifs is 3. The average Bonchev–Trinajstić information content (AvgIpc) is 3.69. The molecule has 2 amide bonds. The first-order valence-corrected chi connectivity index (χ1v) is 14.6. The van der Waals surface area contributed by atoms with Gasteiger partial charge < -0.3 is 15.3 Å². The normalized spacial score (nSPS) is 19.5. The van der Waals surface area contributed by atoms with Gasteiger partial charge in [0, 0.05) is 36.3 Å². The number of nitrogens with zero attached hydrogens (tertiary/aromatic N) is 6. The Balaban J connectivity index is 1.31. The number of pyridine rings is 1. The molecule has 0 radical (unpaired) electrons. The Labute approximate surface area is 250 Å². The smallest absolute Gasteiger partial charge is 0.248 e. The van der Waals surface area contributed by atoms with E-state index < -0.39 is 6.04 Å². The van der Waals surface area contributed by atoms with Crippen LogP contribution in [0.1, 0.15) is 53.6 Å². The molecule has 2 N–H and O–H groups in total. The van der Waals surface area contributed by atoms with Crippen LogP contribution in [0.15, 0.2) is 41.3 Å². The molecule has 1 saturated heterocycles. The Morgan fingerprint density at radius 1 is 1.07 bits per heavy atom. The van der Waals surface area contributed by atoms with Gasteiger partial charge in [0.1, 0.15) is 35.3 Å². The summed E-state index contributed by atoms with van der Waals surface area (Å²) in [5, 5.41) is 17.4. The SMILES string of the molecule is CC(=O)c1nn(CC(=O)N2[C@H]3CC[C@@H](C3)[C@H]2C(=O)Nc2nc(Br)ccc2C)c2c(C)cc(-c3cnc(CO)nc3)cc12. The van der Waals surface area contributed by atoms with Gasteiger partial charge >= 0.3 is 0 Å². The second kappa shape index (κ2) is 11.0. The summed E-state index contributed by atoms with van der Waals surface area (Å²) in [6.45, 7) is 4.88. The second-order valence-corrected chi connectivity index (χ2v) is 11.9. The number of benzene rings is 1. The number of carbonyl (C=O) groups excluding carboxylic acids is 3. The zero-order valence-corrected chi connectivity index (χ0v) is 25.1. The van der Waals surface area contributed by atoms with Crippen LogP contribution in [-0.2, 0) is 22.7 Å². The maximum absolute atomic E-state index is 13.9. The Kier molecular flexibility index (Phi) is 7.36. The molecule has 12 heteroatoms. The Morgan fingerprint density at radius 2 is 1.83 bits per heavy atom. The lowest BCUT2D eigenvalue weighted by molar-refractivity contribution is -0.141. The summed E-state index contributed by atoms with van der Waals surface area (Å²) >= 11 is 3.36. The maximum atomic E-state index is 13.9. The van der Waals surface area contributed by atoms with Crippen molar-refractivity contribution in [1.29, 1.82) is 0 Å². The number of nitrogens with one attached hydrogen (secondary N) is 1. The van der Waals surface area contributed by atoms with Crippen LogP contribution >= 0.6 is 15.9 Å². The number of likely N-dealkylation sites (tertiary alicyclic amines) is 1. The number of aryl methyl sites for hydroxylation is 2. The Morgan fingerprint density at radius 3 is 2.55 bits per heavy atom. The minimum Gasteiger partial charge on any atom is -0.388 e. The van der Waals surface area contributed by atoms with Crippen LogP contribution in [0.2, 0.25) is 0 Å². The quantitative estimate of drug-likeness (QED) is 0.230. The monoisotopic (exact) mass is 631 g/mol. The van der Waals surface area contributed by atoms with Crippen molar-refractivity contribution >= 4 is 50.2 Å². The van der Waals surface area contributed by atoms with Gasteiger partial charge in [-0.05, 0) is 89.8 Å². The molecule has 3 aromatic heterocycles. The van der Waals surface area contributed by atoms with Crippen LogP contribution in [0.4, 0.5) is 5.82 Å². The molecule has 1 aliphatic heterocycles. The molecule has 1 saturated carbocycles. The molecule has 2 bridgehead atoms. The number of anilines is 1. The highest BCUT2D eigenvalue weighted by Crippen LogP contribution is 2.43. The first kappa shape index (κ1) is 28.1. The van der Waals surface area contributed by atoms with E-state index in [0.717, 1.165) is 41.5 Å². The van der Waals surface area contributed by atoms with Gasteiger partial charge in [-0.2, -0.15) is 5.10 Å². The van der Waals surface area contributed by atoms with Gasteiger partial charge in [0.2, 0.25) is 11.8 Å². The lowest BCUT2D eigenvalue weighted by Crippen LogP contribution is -2.52. The molecule has 6 rings (SSSR count).